The van der Waals surface area contributed by atoms with E-state index in [0.717, 1.165) is 12.8 Å². The Labute approximate surface area is 135 Å². The first-order valence-electron chi connectivity index (χ1n) is 7.10. The minimum Gasteiger partial charge on any atom is -0.389 e. The van der Waals surface area contributed by atoms with Crippen molar-refractivity contribution in [2.75, 3.05) is 6.54 Å². The molecule has 1 aliphatic carbocycles. The second kappa shape index (κ2) is 5.99. The highest BCUT2D eigenvalue weighted by Gasteiger charge is 2.37. The lowest BCUT2D eigenvalue weighted by atomic mass is 9.71. The molecule has 0 bridgehead atoms. The van der Waals surface area contributed by atoms with Crippen LogP contribution in [0.4, 0.5) is 0 Å². The number of benzene rings is 1. The molecule has 0 heterocycles. The third-order valence-corrected chi connectivity index (χ3v) is 6.67. The van der Waals surface area contributed by atoms with Crippen molar-refractivity contribution in [1.29, 1.82) is 0 Å². The van der Waals surface area contributed by atoms with Crippen LogP contribution in [0, 0.1) is 5.41 Å². The van der Waals surface area contributed by atoms with Gasteiger partial charge in [-0.3, -0.25) is 0 Å². The fourth-order valence-electron chi connectivity index (χ4n) is 2.54. The van der Waals surface area contributed by atoms with Gasteiger partial charge in [-0.15, -0.1) is 0 Å². The molecule has 0 amide bonds. The van der Waals surface area contributed by atoms with E-state index >= 15 is 0 Å². The van der Waals surface area contributed by atoms with Gasteiger partial charge in [-0.05, 0) is 59.2 Å². The molecule has 0 spiro atoms. The lowest BCUT2D eigenvalue weighted by molar-refractivity contribution is -0.0205. The molecule has 2 N–H and O–H groups in total. The maximum absolute atomic E-state index is 12.3. The molecule has 118 valence electrons. The van der Waals surface area contributed by atoms with Crippen LogP contribution in [0.1, 0.15) is 39.5 Å². The van der Waals surface area contributed by atoms with Gasteiger partial charge in [0.15, 0.2) is 0 Å². The molecule has 21 heavy (non-hydrogen) atoms. The summed E-state index contributed by atoms with van der Waals surface area (Å²) in [5, 5.41) is 10.5. The number of sulfonamides is 1. The molecule has 0 aromatic heterocycles. The predicted molar refractivity (Wildman–Crippen MR) is 86.5 cm³/mol. The zero-order chi connectivity index (χ0) is 15.7. The largest absolute Gasteiger partial charge is 0.389 e. The smallest absolute Gasteiger partial charge is 0.241 e. The van der Waals surface area contributed by atoms with Gasteiger partial charge in [0.05, 0.1) is 10.5 Å². The van der Waals surface area contributed by atoms with Crippen LogP contribution in [-0.4, -0.2) is 25.7 Å². The summed E-state index contributed by atoms with van der Waals surface area (Å²) in [5.41, 5.74) is -0.711. The van der Waals surface area contributed by atoms with Crippen LogP contribution in [-0.2, 0) is 10.0 Å². The minimum atomic E-state index is -3.61. The number of hydrogen-bond acceptors (Lipinski definition) is 3. The molecule has 2 rings (SSSR count). The van der Waals surface area contributed by atoms with Crippen LogP contribution in [0.2, 0.25) is 0 Å². The van der Waals surface area contributed by atoms with E-state index in [4.69, 9.17) is 0 Å². The van der Waals surface area contributed by atoms with Crippen molar-refractivity contribution < 1.29 is 13.5 Å². The summed E-state index contributed by atoms with van der Waals surface area (Å²) < 4.78 is 27.7. The molecule has 1 aliphatic rings. The fraction of sp³-hybridized carbons (Fsp3) is 0.600. The molecule has 0 unspecified atom stereocenters. The topological polar surface area (TPSA) is 66.4 Å². The maximum atomic E-state index is 12.3. The van der Waals surface area contributed by atoms with E-state index in [1.165, 1.54) is 0 Å². The molecule has 1 aromatic carbocycles. The molecule has 1 fully saturated rings. The van der Waals surface area contributed by atoms with Crippen LogP contribution in [0.25, 0.3) is 0 Å². The van der Waals surface area contributed by atoms with Crippen molar-refractivity contribution in [3.05, 3.63) is 28.7 Å². The Morgan fingerprint density at radius 2 is 1.76 bits per heavy atom. The number of hydrogen-bond donors (Lipinski definition) is 2. The van der Waals surface area contributed by atoms with Gasteiger partial charge in [-0.2, -0.15) is 0 Å². The quantitative estimate of drug-likeness (QED) is 0.849. The van der Waals surface area contributed by atoms with Crippen molar-refractivity contribution in [2.45, 2.75) is 50.0 Å². The number of aliphatic hydroxyl groups is 1. The number of nitrogens with one attached hydrogen (secondary N) is 1. The van der Waals surface area contributed by atoms with Crippen LogP contribution in [0.3, 0.4) is 0 Å². The summed E-state index contributed by atoms with van der Waals surface area (Å²) in [4.78, 5) is 0.199. The van der Waals surface area contributed by atoms with Gasteiger partial charge in [0.1, 0.15) is 0 Å². The van der Waals surface area contributed by atoms with Crippen molar-refractivity contribution >= 4 is 26.0 Å². The summed E-state index contributed by atoms with van der Waals surface area (Å²) in [6.07, 6.45) is 3.05. The van der Waals surface area contributed by atoms with E-state index in [2.05, 4.69) is 34.5 Å². The van der Waals surface area contributed by atoms with E-state index in [1.54, 1.807) is 24.3 Å². The minimum absolute atomic E-state index is 0.0622. The Balaban J connectivity index is 2.04. The Morgan fingerprint density at radius 1 is 1.19 bits per heavy atom. The Bertz CT molecular complexity index is 603. The van der Waals surface area contributed by atoms with Gasteiger partial charge in [0, 0.05) is 11.0 Å². The van der Waals surface area contributed by atoms with E-state index in [-0.39, 0.29) is 16.9 Å². The van der Waals surface area contributed by atoms with Gasteiger partial charge in [-0.25, -0.2) is 13.1 Å². The highest BCUT2D eigenvalue weighted by molar-refractivity contribution is 9.10. The van der Waals surface area contributed by atoms with Crippen molar-refractivity contribution in [1.82, 2.24) is 4.72 Å². The first-order chi connectivity index (χ1) is 9.64. The molecular weight excluding hydrogens is 354 g/mol. The highest BCUT2D eigenvalue weighted by Crippen LogP contribution is 2.40. The summed E-state index contributed by atoms with van der Waals surface area (Å²) in [7, 11) is -3.61. The lowest BCUT2D eigenvalue weighted by Gasteiger charge is -2.40. The Hall–Kier alpha value is -0.430. The molecule has 4 nitrogen and oxygen atoms in total. The predicted octanol–water partition coefficient (Wildman–Crippen LogP) is 3.06. The molecule has 6 heteroatoms. The fourth-order valence-corrected chi connectivity index (χ4v) is 4.66. The van der Waals surface area contributed by atoms with Gasteiger partial charge in [0.2, 0.25) is 10.0 Å². The van der Waals surface area contributed by atoms with E-state index < -0.39 is 15.6 Å². The van der Waals surface area contributed by atoms with Gasteiger partial charge in [0.25, 0.3) is 0 Å². The summed E-state index contributed by atoms with van der Waals surface area (Å²) in [5.74, 6) is 0. The standard InChI is InChI=1S/C15H22BrNO3S/c1-14(2)7-9-15(18,10-8-14)11-17-21(19,20)13-6-4-3-5-12(13)16/h3-6,17-18H,7-11H2,1-2H3. The average molecular weight is 376 g/mol. The second-order valence-corrected chi connectivity index (χ2v) is 9.23. The molecule has 0 atom stereocenters. The Morgan fingerprint density at radius 3 is 2.33 bits per heavy atom. The van der Waals surface area contributed by atoms with Gasteiger partial charge < -0.3 is 5.11 Å². The first-order valence-corrected chi connectivity index (χ1v) is 9.38. The molecule has 1 saturated carbocycles. The van der Waals surface area contributed by atoms with Crippen LogP contribution in [0.5, 0.6) is 0 Å². The van der Waals surface area contributed by atoms with E-state index in [0.29, 0.717) is 17.3 Å². The Kier molecular flexibility index (Phi) is 4.83. The molecule has 0 radical (unpaired) electrons. The SMILES string of the molecule is CC1(C)CCC(O)(CNS(=O)(=O)c2ccccc2Br)CC1. The number of halogens is 1. The van der Waals surface area contributed by atoms with Gasteiger partial charge in [-0.1, -0.05) is 26.0 Å². The lowest BCUT2D eigenvalue weighted by Crippen LogP contribution is -2.46. The average Bonchev–Trinajstić information content (AvgIpc) is 2.41. The second-order valence-electron chi connectivity index (χ2n) is 6.64. The monoisotopic (exact) mass is 375 g/mol. The normalized spacial score (nSPS) is 21.1. The molecule has 0 saturated heterocycles. The zero-order valence-corrected chi connectivity index (χ0v) is 14.8. The highest BCUT2D eigenvalue weighted by atomic mass is 79.9. The first kappa shape index (κ1) is 16.9. The van der Waals surface area contributed by atoms with E-state index in [1.807, 2.05) is 0 Å². The number of rotatable bonds is 4. The summed E-state index contributed by atoms with van der Waals surface area (Å²) >= 11 is 3.24. The molecule has 1 aromatic rings. The maximum Gasteiger partial charge on any atom is 0.241 e. The van der Waals surface area contributed by atoms with Crippen molar-refractivity contribution in [3.8, 4) is 0 Å². The van der Waals surface area contributed by atoms with Crippen molar-refractivity contribution in [3.63, 3.8) is 0 Å². The van der Waals surface area contributed by atoms with Crippen LogP contribution in [0.15, 0.2) is 33.6 Å². The van der Waals surface area contributed by atoms with Crippen LogP contribution < -0.4 is 4.72 Å². The summed E-state index contributed by atoms with van der Waals surface area (Å²) in [6, 6.07) is 6.67. The van der Waals surface area contributed by atoms with Gasteiger partial charge >= 0.3 is 0 Å². The zero-order valence-electron chi connectivity index (χ0n) is 12.4. The molecule has 0 aliphatic heterocycles. The molecular formula is C15H22BrNO3S. The third kappa shape index (κ3) is 4.28. The third-order valence-electron chi connectivity index (χ3n) is 4.25. The summed E-state index contributed by atoms with van der Waals surface area (Å²) in [6.45, 7) is 4.42. The van der Waals surface area contributed by atoms with Crippen molar-refractivity contribution in [2.24, 2.45) is 5.41 Å². The van der Waals surface area contributed by atoms with E-state index in [9.17, 15) is 13.5 Å². The van der Waals surface area contributed by atoms with Crippen LogP contribution >= 0.6 is 15.9 Å².